The lowest BCUT2D eigenvalue weighted by atomic mass is 10.2. The van der Waals surface area contributed by atoms with Gasteiger partial charge in [-0.3, -0.25) is 4.31 Å². The highest BCUT2D eigenvalue weighted by Crippen LogP contribution is 2.27. The topological polar surface area (TPSA) is 61.2 Å². The number of anilines is 1. The van der Waals surface area contributed by atoms with Crippen molar-refractivity contribution in [3.8, 4) is 6.07 Å². The molecule has 0 saturated carbocycles. The van der Waals surface area contributed by atoms with Crippen molar-refractivity contribution in [3.63, 3.8) is 0 Å². The van der Waals surface area contributed by atoms with Crippen LogP contribution >= 0.6 is 11.6 Å². The molecule has 0 radical (unpaired) electrons. The van der Waals surface area contributed by atoms with Gasteiger partial charge in [0, 0.05) is 5.02 Å². The van der Waals surface area contributed by atoms with E-state index in [1.54, 1.807) is 49.4 Å². The van der Waals surface area contributed by atoms with E-state index >= 15 is 0 Å². The van der Waals surface area contributed by atoms with Crippen LogP contribution in [0.1, 0.15) is 5.56 Å². The van der Waals surface area contributed by atoms with Gasteiger partial charge in [0.2, 0.25) is 0 Å². The molecule has 0 fully saturated rings. The molecule has 0 unspecified atom stereocenters. The summed E-state index contributed by atoms with van der Waals surface area (Å²) in [4.78, 5) is 0.106. The van der Waals surface area contributed by atoms with Crippen molar-refractivity contribution in [1.29, 1.82) is 5.26 Å². The lowest BCUT2D eigenvalue weighted by Gasteiger charge is -2.22. The summed E-state index contributed by atoms with van der Waals surface area (Å²) < 4.78 is 26.7. The molecule has 21 heavy (non-hydrogen) atoms. The number of halogens is 1. The summed E-state index contributed by atoms with van der Waals surface area (Å²) in [5, 5.41) is 9.29. The maximum Gasteiger partial charge on any atom is 0.265 e. The second kappa shape index (κ2) is 6.17. The Balaban J connectivity index is 2.59. The molecule has 0 N–H and O–H groups in total. The van der Waals surface area contributed by atoms with E-state index < -0.39 is 10.0 Å². The minimum atomic E-state index is -3.84. The summed E-state index contributed by atoms with van der Waals surface area (Å²) >= 11 is 5.90. The van der Waals surface area contributed by atoms with E-state index in [1.807, 2.05) is 6.07 Å². The predicted molar refractivity (Wildman–Crippen MR) is 82.8 cm³/mol. The maximum absolute atomic E-state index is 12.8. The van der Waals surface area contributed by atoms with Crippen LogP contribution in [-0.2, 0) is 10.0 Å². The molecule has 0 atom stereocenters. The Hall–Kier alpha value is -2.03. The van der Waals surface area contributed by atoms with Gasteiger partial charge in [-0.15, -0.1) is 0 Å². The number of nitriles is 1. The van der Waals surface area contributed by atoms with E-state index in [2.05, 4.69) is 0 Å². The third-order valence-corrected chi connectivity index (χ3v) is 5.13. The van der Waals surface area contributed by atoms with Gasteiger partial charge in [0.1, 0.15) is 6.54 Å². The first kappa shape index (κ1) is 15.4. The SMILES string of the molecule is Cc1ccc(Cl)cc1S(=O)(=O)N(CC#N)c1ccccc1. The van der Waals surface area contributed by atoms with Gasteiger partial charge < -0.3 is 0 Å². The molecule has 108 valence electrons. The van der Waals surface area contributed by atoms with E-state index in [0.29, 0.717) is 16.3 Å². The van der Waals surface area contributed by atoms with E-state index in [0.717, 1.165) is 4.31 Å². The second-order valence-electron chi connectivity index (χ2n) is 4.42. The first-order valence-electron chi connectivity index (χ1n) is 6.17. The van der Waals surface area contributed by atoms with Gasteiger partial charge >= 0.3 is 0 Å². The molecule has 0 amide bonds. The van der Waals surface area contributed by atoms with Crippen molar-refractivity contribution in [2.24, 2.45) is 0 Å². The molecule has 0 aromatic heterocycles. The Labute approximate surface area is 129 Å². The Morgan fingerprint density at radius 2 is 1.86 bits per heavy atom. The summed E-state index contributed by atoms with van der Waals surface area (Å²) in [7, 11) is -3.84. The predicted octanol–water partition coefficient (Wildman–Crippen LogP) is 3.37. The highest BCUT2D eigenvalue weighted by molar-refractivity contribution is 7.92. The van der Waals surface area contributed by atoms with E-state index in [1.165, 1.54) is 6.07 Å². The summed E-state index contributed by atoms with van der Waals surface area (Å²) in [6, 6.07) is 15.1. The number of sulfonamides is 1. The van der Waals surface area contributed by atoms with Crippen molar-refractivity contribution >= 4 is 27.3 Å². The molecule has 4 nitrogen and oxygen atoms in total. The number of aryl methyl sites for hydroxylation is 1. The molecular weight excluding hydrogens is 308 g/mol. The van der Waals surface area contributed by atoms with Gasteiger partial charge in [0.25, 0.3) is 10.0 Å². The van der Waals surface area contributed by atoms with E-state index in [-0.39, 0.29) is 11.4 Å². The summed E-state index contributed by atoms with van der Waals surface area (Å²) in [5.41, 5.74) is 1.02. The van der Waals surface area contributed by atoms with Crippen molar-refractivity contribution in [2.45, 2.75) is 11.8 Å². The molecule has 0 bridgehead atoms. The van der Waals surface area contributed by atoms with Crippen molar-refractivity contribution < 1.29 is 8.42 Å². The van der Waals surface area contributed by atoms with E-state index in [4.69, 9.17) is 16.9 Å². The lowest BCUT2D eigenvalue weighted by molar-refractivity contribution is 0.592. The van der Waals surface area contributed by atoms with Crippen molar-refractivity contribution in [2.75, 3.05) is 10.8 Å². The van der Waals surface area contributed by atoms with Gasteiger partial charge in [-0.1, -0.05) is 35.9 Å². The van der Waals surface area contributed by atoms with Crippen molar-refractivity contribution in [3.05, 3.63) is 59.1 Å². The Bertz CT molecular complexity index is 783. The standard InChI is InChI=1S/C15H13ClN2O2S/c1-12-7-8-13(16)11-15(12)21(19,20)18(10-9-17)14-5-3-2-4-6-14/h2-8,11H,10H2,1H3. The lowest BCUT2D eigenvalue weighted by Crippen LogP contribution is -2.31. The summed E-state index contributed by atoms with van der Waals surface area (Å²) in [5.74, 6) is 0. The fraction of sp³-hybridized carbons (Fsp3) is 0.133. The van der Waals surface area contributed by atoms with Crippen LogP contribution in [0.25, 0.3) is 0 Å². The molecular formula is C15H13ClN2O2S. The second-order valence-corrected chi connectivity index (χ2v) is 6.68. The minimum absolute atomic E-state index is 0.106. The van der Waals surface area contributed by atoms with Crippen LogP contribution in [0.4, 0.5) is 5.69 Å². The van der Waals surface area contributed by atoms with Crippen LogP contribution in [0.3, 0.4) is 0 Å². The fourth-order valence-corrected chi connectivity index (χ4v) is 3.80. The number of rotatable bonds is 4. The van der Waals surface area contributed by atoms with Crippen LogP contribution in [-0.4, -0.2) is 15.0 Å². The van der Waals surface area contributed by atoms with Crippen LogP contribution < -0.4 is 4.31 Å². The molecule has 2 aromatic rings. The zero-order valence-corrected chi connectivity index (χ0v) is 12.9. The molecule has 0 aliphatic rings. The maximum atomic E-state index is 12.8. The van der Waals surface area contributed by atoms with Gasteiger partial charge in [-0.25, -0.2) is 8.42 Å². The average Bonchev–Trinajstić information content (AvgIpc) is 2.48. The normalized spacial score (nSPS) is 10.9. The highest BCUT2D eigenvalue weighted by Gasteiger charge is 2.26. The van der Waals surface area contributed by atoms with Crippen LogP contribution in [0, 0.1) is 18.3 Å². The summed E-state index contributed by atoms with van der Waals surface area (Å²) in [6.07, 6.45) is 0. The quantitative estimate of drug-likeness (QED) is 0.811. The summed E-state index contributed by atoms with van der Waals surface area (Å²) in [6.45, 7) is 1.43. The highest BCUT2D eigenvalue weighted by atomic mass is 35.5. The molecule has 0 heterocycles. The van der Waals surface area contributed by atoms with Crippen LogP contribution in [0.5, 0.6) is 0 Å². The molecule has 2 rings (SSSR count). The fourth-order valence-electron chi connectivity index (χ4n) is 1.94. The van der Waals surface area contributed by atoms with Gasteiger partial charge in [-0.2, -0.15) is 5.26 Å². The smallest absolute Gasteiger partial charge is 0.252 e. The minimum Gasteiger partial charge on any atom is -0.252 e. The zero-order valence-electron chi connectivity index (χ0n) is 11.3. The number of hydrogen-bond donors (Lipinski definition) is 0. The van der Waals surface area contributed by atoms with Gasteiger partial charge in [0.15, 0.2) is 0 Å². The largest absolute Gasteiger partial charge is 0.265 e. The monoisotopic (exact) mass is 320 g/mol. The van der Waals surface area contributed by atoms with Gasteiger partial charge in [0.05, 0.1) is 16.7 Å². The molecule has 2 aromatic carbocycles. The Morgan fingerprint density at radius 1 is 1.19 bits per heavy atom. The number of benzene rings is 2. The Morgan fingerprint density at radius 3 is 2.48 bits per heavy atom. The zero-order chi connectivity index (χ0) is 15.5. The molecule has 0 spiro atoms. The first-order chi connectivity index (χ1) is 9.96. The van der Waals surface area contributed by atoms with Crippen LogP contribution in [0.2, 0.25) is 5.02 Å². The van der Waals surface area contributed by atoms with E-state index in [9.17, 15) is 8.42 Å². The Kier molecular flexibility index (Phi) is 4.51. The number of hydrogen-bond acceptors (Lipinski definition) is 3. The molecule has 6 heteroatoms. The van der Waals surface area contributed by atoms with Crippen LogP contribution in [0.15, 0.2) is 53.4 Å². The van der Waals surface area contributed by atoms with Gasteiger partial charge in [-0.05, 0) is 36.8 Å². The molecule has 0 aliphatic carbocycles. The molecule has 0 saturated heterocycles. The third kappa shape index (κ3) is 3.18. The first-order valence-corrected chi connectivity index (χ1v) is 7.99. The van der Waals surface area contributed by atoms with Crippen molar-refractivity contribution in [1.82, 2.24) is 0 Å². The third-order valence-electron chi connectivity index (χ3n) is 2.98. The average molecular weight is 321 g/mol. The number of nitrogens with zero attached hydrogens (tertiary/aromatic N) is 2. The number of para-hydroxylation sites is 1. The molecule has 0 aliphatic heterocycles.